The predicted molar refractivity (Wildman–Crippen MR) is 25.8 cm³/mol. The highest BCUT2D eigenvalue weighted by Gasteiger charge is 2.41. The zero-order valence-electron chi connectivity index (χ0n) is 4.80. The molecule has 0 rings (SSSR count). The molecule has 0 saturated heterocycles. The molecule has 0 radical (unpaired) electrons. The zero-order chi connectivity index (χ0) is 7.65. The van der Waals surface area contributed by atoms with Crippen LogP contribution in [-0.4, -0.2) is 12.3 Å². The lowest BCUT2D eigenvalue weighted by Crippen LogP contribution is -2.26. The Hall–Kier alpha value is -0.540. The lowest BCUT2D eigenvalue weighted by atomic mass is 10.2. The Morgan fingerprint density at radius 3 is 1.78 bits per heavy atom. The Kier molecular flexibility index (Phi) is 2.23. The topological polar surface area (TPSA) is 0 Å². The SMILES string of the molecule is C=C(C)C(F)(F)C(F)F. The van der Waals surface area contributed by atoms with Crippen LogP contribution in [0, 0.1) is 0 Å². The van der Waals surface area contributed by atoms with Crippen LogP contribution in [0.25, 0.3) is 0 Å². The summed E-state index contributed by atoms with van der Waals surface area (Å²) in [7, 11) is 0. The van der Waals surface area contributed by atoms with E-state index >= 15 is 0 Å². The minimum absolute atomic E-state index is 0.808. The molecule has 0 aromatic heterocycles. The molecular formula is C5H6F4. The van der Waals surface area contributed by atoms with Crippen molar-refractivity contribution in [1.82, 2.24) is 0 Å². The summed E-state index contributed by atoms with van der Waals surface area (Å²) in [6.07, 6.45) is -3.64. The Morgan fingerprint density at radius 2 is 1.78 bits per heavy atom. The first-order valence-electron chi connectivity index (χ1n) is 2.21. The standard InChI is InChI=1S/C5H6F4/c1-3(2)5(8,9)4(6)7/h4H,1H2,2H3. The summed E-state index contributed by atoms with van der Waals surface area (Å²) in [6.45, 7) is 3.59. The first kappa shape index (κ1) is 8.46. The molecule has 0 bridgehead atoms. The molecule has 0 aliphatic carbocycles. The molecule has 0 fully saturated rings. The molecular weight excluding hydrogens is 136 g/mol. The van der Waals surface area contributed by atoms with E-state index in [2.05, 4.69) is 6.58 Å². The fourth-order valence-corrected chi connectivity index (χ4v) is 0.186. The molecule has 0 N–H and O–H groups in total. The molecule has 54 valence electrons. The van der Waals surface area contributed by atoms with Crippen molar-refractivity contribution in [2.45, 2.75) is 19.3 Å². The third-order valence-electron chi connectivity index (χ3n) is 0.843. The van der Waals surface area contributed by atoms with Crippen LogP contribution < -0.4 is 0 Å². The largest absolute Gasteiger partial charge is 0.328 e. The first-order valence-corrected chi connectivity index (χ1v) is 2.21. The maximum atomic E-state index is 11.8. The van der Waals surface area contributed by atoms with Crippen molar-refractivity contribution >= 4 is 0 Å². The van der Waals surface area contributed by atoms with E-state index in [-0.39, 0.29) is 0 Å². The number of halogens is 4. The van der Waals surface area contributed by atoms with Gasteiger partial charge in [-0.25, -0.2) is 8.78 Å². The van der Waals surface area contributed by atoms with Crippen molar-refractivity contribution in [3.05, 3.63) is 12.2 Å². The third-order valence-corrected chi connectivity index (χ3v) is 0.843. The molecule has 0 heterocycles. The van der Waals surface area contributed by atoms with Gasteiger partial charge in [0.15, 0.2) is 0 Å². The van der Waals surface area contributed by atoms with Gasteiger partial charge in [0.25, 0.3) is 0 Å². The van der Waals surface area contributed by atoms with Crippen LogP contribution in [0.2, 0.25) is 0 Å². The van der Waals surface area contributed by atoms with E-state index in [1.165, 1.54) is 0 Å². The van der Waals surface area contributed by atoms with Gasteiger partial charge in [-0.05, 0) is 12.5 Å². The van der Waals surface area contributed by atoms with Crippen LogP contribution in [0.4, 0.5) is 17.6 Å². The predicted octanol–water partition coefficient (Wildman–Crippen LogP) is 2.46. The first-order chi connectivity index (χ1) is 3.89. The lowest BCUT2D eigenvalue weighted by molar-refractivity contribution is -0.0988. The monoisotopic (exact) mass is 142 g/mol. The molecule has 0 aromatic rings. The van der Waals surface area contributed by atoms with Gasteiger partial charge in [0.1, 0.15) is 0 Å². The summed E-state index contributed by atoms with van der Waals surface area (Å²) < 4.78 is 46.1. The van der Waals surface area contributed by atoms with Crippen LogP contribution in [0.5, 0.6) is 0 Å². The van der Waals surface area contributed by atoms with Crippen molar-refractivity contribution in [2.75, 3.05) is 0 Å². The summed E-state index contributed by atoms with van der Waals surface area (Å²) in [4.78, 5) is 0. The number of rotatable bonds is 2. The summed E-state index contributed by atoms with van der Waals surface area (Å²) in [5, 5.41) is 0. The highest BCUT2D eigenvalue weighted by Crippen LogP contribution is 2.29. The molecule has 0 aromatic carbocycles. The maximum Gasteiger partial charge on any atom is 0.328 e. The molecule has 9 heavy (non-hydrogen) atoms. The van der Waals surface area contributed by atoms with E-state index in [0.29, 0.717) is 0 Å². The normalized spacial score (nSPS) is 12.2. The summed E-state index contributed by atoms with van der Waals surface area (Å²) >= 11 is 0. The van der Waals surface area contributed by atoms with Crippen LogP contribution >= 0.6 is 0 Å². The van der Waals surface area contributed by atoms with Crippen molar-refractivity contribution in [3.8, 4) is 0 Å². The van der Waals surface area contributed by atoms with Gasteiger partial charge in [0.05, 0.1) is 0 Å². The number of alkyl halides is 4. The molecule has 4 heteroatoms. The Bertz CT molecular complexity index is 116. The van der Waals surface area contributed by atoms with Gasteiger partial charge < -0.3 is 0 Å². The fraction of sp³-hybridized carbons (Fsp3) is 0.600. The molecule has 0 nitrogen and oxygen atoms in total. The highest BCUT2D eigenvalue weighted by atomic mass is 19.3. The van der Waals surface area contributed by atoms with E-state index in [1.807, 2.05) is 0 Å². The summed E-state index contributed by atoms with van der Waals surface area (Å²) in [6, 6.07) is 0. The highest BCUT2D eigenvalue weighted by molar-refractivity contribution is 5.04. The molecule has 0 amide bonds. The van der Waals surface area contributed by atoms with Crippen molar-refractivity contribution < 1.29 is 17.6 Å². The molecule has 0 atom stereocenters. The average molecular weight is 142 g/mol. The fourth-order valence-electron chi connectivity index (χ4n) is 0.186. The molecule has 0 aliphatic heterocycles. The smallest absolute Gasteiger partial charge is 0.203 e. The summed E-state index contributed by atoms with van der Waals surface area (Å²) in [5.74, 6) is -4.03. The zero-order valence-corrected chi connectivity index (χ0v) is 4.80. The van der Waals surface area contributed by atoms with E-state index in [9.17, 15) is 17.6 Å². The summed E-state index contributed by atoms with van der Waals surface area (Å²) in [5.41, 5.74) is -0.808. The Balaban J connectivity index is 4.19. The van der Waals surface area contributed by atoms with E-state index in [0.717, 1.165) is 6.92 Å². The molecule has 0 aliphatic rings. The van der Waals surface area contributed by atoms with Crippen molar-refractivity contribution in [3.63, 3.8) is 0 Å². The van der Waals surface area contributed by atoms with Crippen LogP contribution in [0.15, 0.2) is 12.2 Å². The van der Waals surface area contributed by atoms with E-state index < -0.39 is 17.9 Å². The van der Waals surface area contributed by atoms with Crippen molar-refractivity contribution in [2.24, 2.45) is 0 Å². The maximum absolute atomic E-state index is 11.8. The number of hydrogen-bond acceptors (Lipinski definition) is 0. The quantitative estimate of drug-likeness (QED) is 0.410. The van der Waals surface area contributed by atoms with E-state index in [4.69, 9.17) is 0 Å². The van der Waals surface area contributed by atoms with Crippen LogP contribution in [0.3, 0.4) is 0 Å². The van der Waals surface area contributed by atoms with Gasteiger partial charge in [-0.15, -0.1) is 0 Å². The lowest BCUT2D eigenvalue weighted by Gasteiger charge is -2.13. The van der Waals surface area contributed by atoms with Gasteiger partial charge in [-0.2, -0.15) is 8.78 Å². The van der Waals surface area contributed by atoms with E-state index in [1.54, 1.807) is 0 Å². The molecule has 0 unspecified atom stereocenters. The Morgan fingerprint density at radius 1 is 1.44 bits per heavy atom. The second kappa shape index (κ2) is 2.37. The van der Waals surface area contributed by atoms with Gasteiger partial charge in [-0.1, -0.05) is 6.58 Å². The minimum Gasteiger partial charge on any atom is -0.203 e. The van der Waals surface area contributed by atoms with Crippen molar-refractivity contribution in [1.29, 1.82) is 0 Å². The Labute approximate surface area is 50.2 Å². The van der Waals surface area contributed by atoms with Gasteiger partial charge in [0, 0.05) is 0 Å². The van der Waals surface area contributed by atoms with Crippen LogP contribution in [0.1, 0.15) is 6.92 Å². The second-order valence-electron chi connectivity index (χ2n) is 1.70. The van der Waals surface area contributed by atoms with Gasteiger partial charge >= 0.3 is 12.3 Å². The number of hydrogen-bond donors (Lipinski definition) is 0. The number of allylic oxidation sites excluding steroid dienone is 1. The van der Waals surface area contributed by atoms with Crippen LogP contribution in [-0.2, 0) is 0 Å². The second-order valence-corrected chi connectivity index (χ2v) is 1.70. The minimum atomic E-state index is -4.03. The molecule has 0 spiro atoms. The van der Waals surface area contributed by atoms with Gasteiger partial charge in [0.2, 0.25) is 0 Å². The van der Waals surface area contributed by atoms with Gasteiger partial charge in [-0.3, -0.25) is 0 Å². The third kappa shape index (κ3) is 1.69. The average Bonchev–Trinajstić information content (AvgIpc) is 1.65. The molecule has 0 saturated carbocycles.